The number of rotatable bonds is 7. The van der Waals surface area contributed by atoms with Crippen LogP contribution in [0.1, 0.15) is 0 Å². The summed E-state index contributed by atoms with van der Waals surface area (Å²) in [6.07, 6.45) is 0. The number of nitro benzene ring substituents is 1. The maximum Gasteiger partial charge on any atom is 0.310 e. The second-order valence-corrected chi connectivity index (χ2v) is 3.93. The Kier molecular flexibility index (Phi) is 5.74. The molecule has 1 amide bonds. The van der Waals surface area contributed by atoms with Gasteiger partial charge in [0.2, 0.25) is 0 Å². The monoisotopic (exact) mass is 267 g/mol. The van der Waals surface area contributed by atoms with Crippen molar-refractivity contribution in [3.63, 3.8) is 0 Å². The minimum absolute atomic E-state index is 0.0999. The average molecular weight is 267 g/mol. The minimum Gasteiger partial charge on any atom is -0.477 e. The lowest BCUT2D eigenvalue weighted by Gasteiger charge is -2.17. The van der Waals surface area contributed by atoms with Crippen LogP contribution in [0.2, 0.25) is 0 Å². The van der Waals surface area contributed by atoms with Crippen molar-refractivity contribution in [3.8, 4) is 5.75 Å². The standard InChI is InChI=1S/C12H17N3O4/c1-13-7-8-14(2)12(16)9-19-11-6-4-3-5-10(11)15(17)18/h3-6,13H,7-9H2,1-2H3. The van der Waals surface area contributed by atoms with E-state index in [2.05, 4.69) is 5.32 Å². The van der Waals surface area contributed by atoms with Gasteiger partial charge in [0.15, 0.2) is 12.4 Å². The first-order valence-corrected chi connectivity index (χ1v) is 5.81. The van der Waals surface area contributed by atoms with Crippen LogP contribution in [0.5, 0.6) is 5.75 Å². The van der Waals surface area contributed by atoms with Crippen molar-refractivity contribution in [2.45, 2.75) is 0 Å². The van der Waals surface area contributed by atoms with E-state index in [0.29, 0.717) is 13.1 Å². The number of nitrogens with zero attached hydrogens (tertiary/aromatic N) is 2. The number of hydrogen-bond donors (Lipinski definition) is 1. The molecule has 1 N–H and O–H groups in total. The van der Waals surface area contributed by atoms with Gasteiger partial charge in [0, 0.05) is 26.2 Å². The van der Waals surface area contributed by atoms with E-state index in [9.17, 15) is 14.9 Å². The van der Waals surface area contributed by atoms with Crippen molar-refractivity contribution in [3.05, 3.63) is 34.4 Å². The summed E-state index contributed by atoms with van der Waals surface area (Å²) in [4.78, 5) is 23.4. The maximum absolute atomic E-state index is 11.7. The van der Waals surface area contributed by atoms with Crippen molar-refractivity contribution < 1.29 is 14.5 Å². The summed E-state index contributed by atoms with van der Waals surface area (Å²) >= 11 is 0. The predicted molar refractivity (Wildman–Crippen MR) is 70.2 cm³/mol. The normalized spacial score (nSPS) is 10.0. The number of para-hydroxylation sites is 2. The van der Waals surface area contributed by atoms with Crippen molar-refractivity contribution >= 4 is 11.6 Å². The highest BCUT2D eigenvalue weighted by Gasteiger charge is 2.16. The Morgan fingerprint density at radius 1 is 1.47 bits per heavy atom. The zero-order valence-corrected chi connectivity index (χ0v) is 11.0. The molecule has 1 rings (SSSR count). The van der Waals surface area contributed by atoms with Crippen LogP contribution in [-0.4, -0.2) is 49.5 Å². The van der Waals surface area contributed by atoms with Gasteiger partial charge in [-0.05, 0) is 13.1 Å². The Bertz CT molecular complexity index is 450. The second kappa shape index (κ2) is 7.32. The lowest BCUT2D eigenvalue weighted by atomic mass is 10.3. The second-order valence-electron chi connectivity index (χ2n) is 3.93. The first-order chi connectivity index (χ1) is 9.06. The van der Waals surface area contributed by atoms with E-state index in [-0.39, 0.29) is 24.0 Å². The molecule has 0 aliphatic carbocycles. The molecular weight excluding hydrogens is 250 g/mol. The van der Waals surface area contributed by atoms with Crippen LogP contribution in [0.15, 0.2) is 24.3 Å². The molecule has 0 aliphatic rings. The van der Waals surface area contributed by atoms with Gasteiger partial charge in [-0.25, -0.2) is 0 Å². The molecule has 0 aromatic heterocycles. The molecule has 104 valence electrons. The van der Waals surface area contributed by atoms with Crippen LogP contribution >= 0.6 is 0 Å². The number of likely N-dealkylation sites (N-methyl/N-ethyl adjacent to an activating group) is 2. The largest absolute Gasteiger partial charge is 0.477 e. The molecule has 0 aliphatic heterocycles. The van der Waals surface area contributed by atoms with E-state index in [1.165, 1.54) is 17.0 Å². The summed E-state index contributed by atoms with van der Waals surface area (Å²) < 4.78 is 5.21. The number of nitrogens with one attached hydrogen (secondary N) is 1. The Balaban J connectivity index is 2.57. The van der Waals surface area contributed by atoms with Gasteiger partial charge >= 0.3 is 5.69 Å². The van der Waals surface area contributed by atoms with E-state index >= 15 is 0 Å². The minimum atomic E-state index is -0.537. The fourth-order valence-electron chi connectivity index (χ4n) is 1.38. The van der Waals surface area contributed by atoms with Crippen molar-refractivity contribution in [1.29, 1.82) is 0 Å². The van der Waals surface area contributed by atoms with E-state index in [4.69, 9.17) is 4.74 Å². The fourth-order valence-corrected chi connectivity index (χ4v) is 1.38. The lowest BCUT2D eigenvalue weighted by Crippen LogP contribution is -2.35. The number of benzene rings is 1. The molecule has 0 atom stereocenters. The molecule has 0 spiro atoms. The maximum atomic E-state index is 11.7. The molecule has 0 unspecified atom stereocenters. The third-order valence-electron chi connectivity index (χ3n) is 2.54. The molecular formula is C12H17N3O4. The number of amides is 1. The van der Waals surface area contributed by atoms with Crippen LogP contribution in [0.4, 0.5) is 5.69 Å². The van der Waals surface area contributed by atoms with Gasteiger partial charge in [-0.2, -0.15) is 0 Å². The van der Waals surface area contributed by atoms with E-state index in [0.717, 1.165) is 0 Å². The van der Waals surface area contributed by atoms with Crippen molar-refractivity contribution in [2.24, 2.45) is 0 Å². The highest BCUT2D eigenvalue weighted by Crippen LogP contribution is 2.25. The molecule has 0 saturated carbocycles. The van der Waals surface area contributed by atoms with Gasteiger partial charge in [-0.1, -0.05) is 12.1 Å². The smallest absolute Gasteiger partial charge is 0.310 e. The predicted octanol–water partition coefficient (Wildman–Crippen LogP) is 0.651. The molecule has 0 bridgehead atoms. The highest BCUT2D eigenvalue weighted by molar-refractivity contribution is 5.77. The van der Waals surface area contributed by atoms with Gasteiger partial charge in [0.1, 0.15) is 0 Å². The van der Waals surface area contributed by atoms with Gasteiger partial charge in [0.05, 0.1) is 4.92 Å². The molecule has 0 radical (unpaired) electrons. The number of carbonyl (C=O) groups is 1. The fraction of sp³-hybridized carbons (Fsp3) is 0.417. The number of ether oxygens (including phenoxy) is 1. The Morgan fingerprint density at radius 2 is 2.16 bits per heavy atom. The Hall–Kier alpha value is -2.15. The molecule has 0 heterocycles. The van der Waals surface area contributed by atoms with E-state index in [1.807, 2.05) is 0 Å². The summed E-state index contributed by atoms with van der Waals surface area (Å²) in [7, 11) is 3.45. The first-order valence-electron chi connectivity index (χ1n) is 5.81. The Morgan fingerprint density at radius 3 is 2.79 bits per heavy atom. The summed E-state index contributed by atoms with van der Waals surface area (Å²) in [5.41, 5.74) is -0.145. The van der Waals surface area contributed by atoms with Crippen molar-refractivity contribution in [2.75, 3.05) is 33.8 Å². The average Bonchev–Trinajstić information content (AvgIpc) is 2.42. The third-order valence-corrected chi connectivity index (χ3v) is 2.54. The van der Waals surface area contributed by atoms with Crippen LogP contribution in [0.25, 0.3) is 0 Å². The third kappa shape index (κ3) is 4.55. The van der Waals surface area contributed by atoms with Crippen molar-refractivity contribution in [1.82, 2.24) is 10.2 Å². The lowest BCUT2D eigenvalue weighted by molar-refractivity contribution is -0.385. The molecule has 1 aromatic carbocycles. The van der Waals surface area contributed by atoms with Gasteiger partial charge in [-0.15, -0.1) is 0 Å². The van der Waals surface area contributed by atoms with Crippen LogP contribution in [0.3, 0.4) is 0 Å². The number of hydrogen-bond acceptors (Lipinski definition) is 5. The molecule has 1 aromatic rings. The summed E-state index contributed by atoms with van der Waals surface area (Å²) in [5.74, 6) is -0.128. The van der Waals surface area contributed by atoms with Gasteiger partial charge < -0.3 is 15.0 Å². The number of carbonyl (C=O) groups excluding carboxylic acids is 1. The molecule has 0 saturated heterocycles. The van der Waals surface area contributed by atoms with Crippen LogP contribution in [0, 0.1) is 10.1 Å². The van der Waals surface area contributed by atoms with Gasteiger partial charge in [-0.3, -0.25) is 14.9 Å². The topological polar surface area (TPSA) is 84.7 Å². The van der Waals surface area contributed by atoms with Gasteiger partial charge in [0.25, 0.3) is 5.91 Å². The highest BCUT2D eigenvalue weighted by atomic mass is 16.6. The van der Waals surface area contributed by atoms with Crippen LogP contribution < -0.4 is 10.1 Å². The number of nitro groups is 1. The summed E-state index contributed by atoms with van der Waals surface area (Å²) in [6.45, 7) is 1.01. The molecule has 7 heteroatoms. The SMILES string of the molecule is CNCCN(C)C(=O)COc1ccccc1[N+](=O)[O-]. The summed E-state index contributed by atoms with van der Waals surface area (Å²) in [5, 5.41) is 13.7. The van der Waals surface area contributed by atoms with E-state index < -0.39 is 4.92 Å². The zero-order valence-electron chi connectivity index (χ0n) is 11.0. The van der Waals surface area contributed by atoms with Crippen LogP contribution in [-0.2, 0) is 4.79 Å². The van der Waals surface area contributed by atoms with E-state index in [1.54, 1.807) is 26.2 Å². The summed E-state index contributed by atoms with van der Waals surface area (Å²) in [6, 6.07) is 5.98. The molecule has 0 fully saturated rings. The zero-order chi connectivity index (χ0) is 14.3. The Labute approximate surface area is 111 Å². The molecule has 19 heavy (non-hydrogen) atoms. The molecule has 7 nitrogen and oxygen atoms in total. The first kappa shape index (κ1) is 14.9. The quantitative estimate of drug-likeness (QED) is 0.579.